The Morgan fingerprint density at radius 2 is 2.23 bits per heavy atom. The van der Waals surface area contributed by atoms with Gasteiger partial charge in [-0.2, -0.15) is 0 Å². The summed E-state index contributed by atoms with van der Waals surface area (Å²) in [4.78, 5) is 0. The van der Waals surface area contributed by atoms with Gasteiger partial charge in [0.15, 0.2) is 0 Å². The summed E-state index contributed by atoms with van der Waals surface area (Å²) >= 11 is 0. The summed E-state index contributed by atoms with van der Waals surface area (Å²) in [6.45, 7) is -0.499. The minimum absolute atomic E-state index is 0.0938. The molecule has 0 aromatic carbocycles. The van der Waals surface area contributed by atoms with Crippen LogP contribution in [0.25, 0.3) is 0 Å². The summed E-state index contributed by atoms with van der Waals surface area (Å²) in [5.74, 6) is 0. The van der Waals surface area contributed by atoms with E-state index in [0.717, 1.165) is 6.42 Å². The highest BCUT2D eigenvalue weighted by atomic mass is 19.3. The second-order valence-corrected chi connectivity index (χ2v) is 3.09. The molecule has 1 fully saturated rings. The quantitative estimate of drug-likeness (QED) is 0.698. The standard InChI is InChI=1S/C8H15F2NO2/c1-11-5-3-6(8(5)12-2)13-4-7(9)10/h5-8,11H,3-4H2,1-2H3. The van der Waals surface area contributed by atoms with Gasteiger partial charge in [-0.25, -0.2) is 8.78 Å². The molecule has 0 amide bonds. The van der Waals surface area contributed by atoms with E-state index in [-0.39, 0.29) is 18.2 Å². The smallest absolute Gasteiger partial charge is 0.261 e. The van der Waals surface area contributed by atoms with E-state index in [1.807, 2.05) is 7.05 Å². The van der Waals surface area contributed by atoms with Crippen LogP contribution in [0.3, 0.4) is 0 Å². The Hall–Kier alpha value is -0.260. The Bertz CT molecular complexity index is 157. The van der Waals surface area contributed by atoms with Crippen LogP contribution in [-0.2, 0) is 9.47 Å². The number of hydrogen-bond acceptors (Lipinski definition) is 3. The second-order valence-electron chi connectivity index (χ2n) is 3.09. The van der Waals surface area contributed by atoms with E-state index in [1.165, 1.54) is 0 Å². The molecule has 13 heavy (non-hydrogen) atoms. The van der Waals surface area contributed by atoms with E-state index >= 15 is 0 Å². The first-order valence-corrected chi connectivity index (χ1v) is 4.28. The largest absolute Gasteiger partial charge is 0.377 e. The lowest BCUT2D eigenvalue weighted by Crippen LogP contribution is -2.59. The number of likely N-dealkylation sites (N-methyl/N-ethyl adjacent to an activating group) is 1. The van der Waals surface area contributed by atoms with Gasteiger partial charge in [0.1, 0.15) is 6.61 Å². The van der Waals surface area contributed by atoms with Crippen LogP contribution >= 0.6 is 0 Å². The highest BCUT2D eigenvalue weighted by Crippen LogP contribution is 2.26. The summed E-state index contributed by atoms with van der Waals surface area (Å²) < 4.78 is 33.6. The topological polar surface area (TPSA) is 30.5 Å². The zero-order valence-corrected chi connectivity index (χ0v) is 7.80. The molecule has 0 saturated heterocycles. The van der Waals surface area contributed by atoms with E-state index in [1.54, 1.807) is 7.11 Å². The van der Waals surface area contributed by atoms with Gasteiger partial charge in [0.05, 0.1) is 12.2 Å². The van der Waals surface area contributed by atoms with Gasteiger partial charge in [0.2, 0.25) is 0 Å². The van der Waals surface area contributed by atoms with Crippen LogP contribution in [0.1, 0.15) is 6.42 Å². The van der Waals surface area contributed by atoms with Crippen LogP contribution in [0.15, 0.2) is 0 Å². The fourth-order valence-corrected chi connectivity index (χ4v) is 1.54. The minimum atomic E-state index is -2.40. The zero-order valence-electron chi connectivity index (χ0n) is 7.80. The number of methoxy groups -OCH3 is 1. The highest BCUT2D eigenvalue weighted by Gasteiger charge is 2.41. The first-order chi connectivity index (χ1) is 6.19. The molecule has 3 atom stereocenters. The summed E-state index contributed by atoms with van der Waals surface area (Å²) in [6.07, 6.45) is -1.94. The van der Waals surface area contributed by atoms with Gasteiger partial charge in [-0.15, -0.1) is 0 Å². The van der Waals surface area contributed by atoms with Crippen molar-refractivity contribution in [1.29, 1.82) is 0 Å². The Morgan fingerprint density at radius 3 is 2.69 bits per heavy atom. The van der Waals surface area contributed by atoms with Crippen LogP contribution in [0.5, 0.6) is 0 Å². The first kappa shape index (κ1) is 10.8. The first-order valence-electron chi connectivity index (χ1n) is 4.28. The number of hydrogen-bond donors (Lipinski definition) is 1. The van der Waals surface area contributed by atoms with Gasteiger partial charge in [-0.3, -0.25) is 0 Å². The van der Waals surface area contributed by atoms with Crippen molar-refractivity contribution in [2.45, 2.75) is 31.1 Å². The maximum atomic E-state index is 11.8. The molecule has 0 aromatic heterocycles. The third-order valence-electron chi connectivity index (χ3n) is 2.33. The summed E-state index contributed by atoms with van der Waals surface area (Å²) in [5, 5.41) is 3.03. The Labute approximate surface area is 76.4 Å². The molecular weight excluding hydrogens is 180 g/mol. The predicted octanol–water partition coefficient (Wildman–Crippen LogP) is 0.643. The van der Waals surface area contributed by atoms with Crippen molar-refractivity contribution in [1.82, 2.24) is 5.32 Å². The molecule has 5 heteroatoms. The van der Waals surface area contributed by atoms with Crippen molar-refractivity contribution in [2.24, 2.45) is 0 Å². The molecule has 78 valence electrons. The van der Waals surface area contributed by atoms with E-state index in [4.69, 9.17) is 9.47 Å². The molecule has 0 radical (unpaired) electrons. The van der Waals surface area contributed by atoms with Gasteiger partial charge >= 0.3 is 0 Å². The number of rotatable bonds is 5. The molecule has 0 bridgehead atoms. The van der Waals surface area contributed by atoms with Crippen molar-refractivity contribution in [3.8, 4) is 0 Å². The minimum Gasteiger partial charge on any atom is -0.377 e. The molecule has 1 aliphatic rings. The molecule has 1 saturated carbocycles. The van der Waals surface area contributed by atoms with E-state index in [2.05, 4.69) is 5.32 Å². The molecule has 0 heterocycles. The summed E-state index contributed by atoms with van der Waals surface area (Å²) in [5.41, 5.74) is 0. The van der Waals surface area contributed by atoms with Gasteiger partial charge in [-0.1, -0.05) is 0 Å². The lowest BCUT2D eigenvalue weighted by atomic mass is 9.85. The average molecular weight is 195 g/mol. The van der Waals surface area contributed by atoms with E-state index in [9.17, 15) is 8.78 Å². The van der Waals surface area contributed by atoms with Gasteiger partial charge < -0.3 is 14.8 Å². The number of nitrogens with one attached hydrogen (secondary N) is 1. The normalized spacial score (nSPS) is 33.5. The maximum Gasteiger partial charge on any atom is 0.261 e. The summed E-state index contributed by atoms with van der Waals surface area (Å²) in [6, 6.07) is 0.229. The Morgan fingerprint density at radius 1 is 1.54 bits per heavy atom. The fourth-order valence-electron chi connectivity index (χ4n) is 1.54. The number of ether oxygens (including phenoxy) is 2. The molecule has 3 nitrogen and oxygen atoms in total. The van der Waals surface area contributed by atoms with Crippen molar-refractivity contribution in [3.05, 3.63) is 0 Å². The van der Waals surface area contributed by atoms with Crippen LogP contribution < -0.4 is 5.32 Å². The molecular formula is C8H15F2NO2. The fraction of sp³-hybridized carbons (Fsp3) is 1.00. The van der Waals surface area contributed by atoms with Crippen LogP contribution in [0.4, 0.5) is 8.78 Å². The lowest BCUT2D eigenvalue weighted by Gasteiger charge is -2.42. The van der Waals surface area contributed by atoms with Crippen molar-refractivity contribution >= 4 is 0 Å². The number of alkyl halides is 2. The van der Waals surface area contributed by atoms with E-state index < -0.39 is 13.0 Å². The van der Waals surface area contributed by atoms with Crippen molar-refractivity contribution in [2.75, 3.05) is 20.8 Å². The monoisotopic (exact) mass is 195 g/mol. The second kappa shape index (κ2) is 4.83. The van der Waals surface area contributed by atoms with Crippen LogP contribution in [-0.4, -0.2) is 45.4 Å². The van der Waals surface area contributed by atoms with Crippen LogP contribution in [0.2, 0.25) is 0 Å². The number of halogens is 2. The zero-order chi connectivity index (χ0) is 9.84. The predicted molar refractivity (Wildman–Crippen MR) is 44.0 cm³/mol. The molecule has 0 aliphatic heterocycles. The Balaban J connectivity index is 2.22. The van der Waals surface area contributed by atoms with Crippen molar-refractivity contribution < 1.29 is 18.3 Å². The van der Waals surface area contributed by atoms with Crippen LogP contribution in [0, 0.1) is 0 Å². The Kier molecular flexibility index (Phi) is 4.02. The molecule has 1 rings (SSSR count). The third-order valence-corrected chi connectivity index (χ3v) is 2.33. The maximum absolute atomic E-state index is 11.8. The SMILES string of the molecule is CNC1CC(OCC(F)F)C1OC. The molecule has 3 unspecified atom stereocenters. The molecule has 1 N–H and O–H groups in total. The molecule has 0 spiro atoms. The van der Waals surface area contributed by atoms with Gasteiger partial charge in [0.25, 0.3) is 6.43 Å². The average Bonchev–Trinajstić information content (AvgIpc) is 2.03. The third kappa shape index (κ3) is 2.59. The molecule has 0 aromatic rings. The van der Waals surface area contributed by atoms with Gasteiger partial charge in [-0.05, 0) is 13.5 Å². The van der Waals surface area contributed by atoms with Gasteiger partial charge in [0, 0.05) is 13.2 Å². The molecule has 1 aliphatic carbocycles. The van der Waals surface area contributed by atoms with E-state index in [0.29, 0.717) is 0 Å². The summed E-state index contributed by atoms with van der Waals surface area (Å²) in [7, 11) is 3.38. The van der Waals surface area contributed by atoms with Crippen molar-refractivity contribution in [3.63, 3.8) is 0 Å². The highest BCUT2D eigenvalue weighted by molar-refractivity contribution is 4.96. The lowest BCUT2D eigenvalue weighted by molar-refractivity contribution is -0.148.